The molecule has 94 valence electrons. The summed E-state index contributed by atoms with van der Waals surface area (Å²) in [6.45, 7) is 1.54. The number of nitrogens with zero attached hydrogens (tertiary/aromatic N) is 1. The van der Waals surface area contributed by atoms with Crippen LogP contribution in [0.1, 0.15) is 17.3 Å². The second-order valence-corrected chi connectivity index (χ2v) is 5.63. The number of rotatable bonds is 4. The smallest absolute Gasteiger partial charge is 0.274 e. The molecule has 0 radical (unpaired) electrons. The van der Waals surface area contributed by atoms with Crippen molar-refractivity contribution < 1.29 is 18.0 Å². The summed E-state index contributed by atoms with van der Waals surface area (Å²) in [5.41, 5.74) is 0.124. The van der Waals surface area contributed by atoms with Crippen LogP contribution in [0.3, 0.4) is 0 Å². The summed E-state index contributed by atoms with van der Waals surface area (Å²) in [6.07, 6.45) is 0. The topological polar surface area (TPSA) is 63.7 Å². The molecule has 0 spiro atoms. The highest BCUT2D eigenvalue weighted by Gasteiger charge is 2.22. The Morgan fingerprint density at radius 3 is 2.47 bits per heavy atom. The minimum Gasteiger partial charge on any atom is -0.274 e. The van der Waals surface area contributed by atoms with Crippen molar-refractivity contribution in [2.75, 3.05) is 19.9 Å². The van der Waals surface area contributed by atoms with Crippen LogP contribution in [0, 0.1) is 0 Å². The largest absolute Gasteiger partial charge is 0.278 e. The minimum atomic E-state index is -3.42. The zero-order valence-electron chi connectivity index (χ0n) is 10.0. The van der Waals surface area contributed by atoms with Crippen molar-refractivity contribution in [3.8, 4) is 0 Å². The van der Waals surface area contributed by atoms with Gasteiger partial charge in [0, 0.05) is 7.05 Å². The number of carbonyl (C=O) groups excluding carboxylic acids is 1. The van der Waals surface area contributed by atoms with Gasteiger partial charge < -0.3 is 0 Å². The van der Waals surface area contributed by atoms with Gasteiger partial charge in [-0.1, -0.05) is 19.1 Å². The molecule has 6 heteroatoms. The van der Waals surface area contributed by atoms with Crippen LogP contribution in [-0.2, 0) is 14.7 Å². The van der Waals surface area contributed by atoms with Crippen molar-refractivity contribution in [3.63, 3.8) is 0 Å². The first-order valence-electron chi connectivity index (χ1n) is 5.08. The van der Waals surface area contributed by atoms with Crippen LogP contribution in [0.2, 0.25) is 0 Å². The molecular weight excluding hydrogens is 242 g/mol. The second kappa shape index (κ2) is 5.29. The van der Waals surface area contributed by atoms with Gasteiger partial charge in [-0.25, -0.2) is 13.5 Å². The number of hydroxylamine groups is 2. The van der Waals surface area contributed by atoms with E-state index in [0.29, 0.717) is 0 Å². The summed E-state index contributed by atoms with van der Waals surface area (Å²) >= 11 is 0. The molecule has 0 bridgehead atoms. The maximum absolute atomic E-state index is 11.9. The highest BCUT2D eigenvalue weighted by molar-refractivity contribution is 7.91. The fourth-order valence-electron chi connectivity index (χ4n) is 1.32. The molecule has 1 amide bonds. The molecule has 0 atom stereocenters. The van der Waals surface area contributed by atoms with Crippen molar-refractivity contribution in [2.45, 2.75) is 11.8 Å². The van der Waals surface area contributed by atoms with E-state index in [-0.39, 0.29) is 16.2 Å². The van der Waals surface area contributed by atoms with E-state index in [1.807, 2.05) is 0 Å². The molecule has 0 saturated heterocycles. The Balaban J connectivity index is 3.32. The van der Waals surface area contributed by atoms with Crippen molar-refractivity contribution in [1.82, 2.24) is 5.06 Å². The third-order valence-corrected chi connectivity index (χ3v) is 4.18. The fourth-order valence-corrected chi connectivity index (χ4v) is 2.41. The first kappa shape index (κ1) is 13.7. The average Bonchev–Trinajstić information content (AvgIpc) is 2.36. The van der Waals surface area contributed by atoms with E-state index in [9.17, 15) is 13.2 Å². The van der Waals surface area contributed by atoms with E-state index < -0.39 is 15.7 Å². The predicted molar refractivity (Wildman–Crippen MR) is 63.3 cm³/mol. The van der Waals surface area contributed by atoms with Gasteiger partial charge in [-0.15, -0.1) is 0 Å². The maximum atomic E-state index is 11.9. The Bertz CT molecular complexity index is 510. The molecule has 0 aliphatic heterocycles. The zero-order valence-corrected chi connectivity index (χ0v) is 10.8. The van der Waals surface area contributed by atoms with Crippen LogP contribution >= 0.6 is 0 Å². The summed E-state index contributed by atoms with van der Waals surface area (Å²) < 4.78 is 23.7. The van der Waals surface area contributed by atoms with Gasteiger partial charge in [0.1, 0.15) is 0 Å². The fraction of sp³-hybridized carbons (Fsp3) is 0.364. The summed E-state index contributed by atoms with van der Waals surface area (Å²) in [6, 6.07) is 6.10. The van der Waals surface area contributed by atoms with E-state index in [4.69, 9.17) is 4.84 Å². The van der Waals surface area contributed by atoms with Crippen LogP contribution in [0.15, 0.2) is 29.2 Å². The number of carbonyl (C=O) groups is 1. The Morgan fingerprint density at radius 1 is 1.35 bits per heavy atom. The summed E-state index contributed by atoms with van der Waals surface area (Å²) in [5, 5.41) is 0.990. The molecule has 17 heavy (non-hydrogen) atoms. The highest BCUT2D eigenvalue weighted by Crippen LogP contribution is 2.18. The van der Waals surface area contributed by atoms with Gasteiger partial charge in [0.15, 0.2) is 9.84 Å². The van der Waals surface area contributed by atoms with Crippen molar-refractivity contribution in [1.29, 1.82) is 0 Å². The molecule has 1 aromatic carbocycles. The molecule has 0 heterocycles. The van der Waals surface area contributed by atoms with E-state index in [0.717, 1.165) is 5.06 Å². The van der Waals surface area contributed by atoms with Crippen LogP contribution < -0.4 is 0 Å². The molecule has 0 aromatic heterocycles. The lowest BCUT2D eigenvalue weighted by molar-refractivity contribution is -0.0759. The van der Waals surface area contributed by atoms with E-state index in [1.54, 1.807) is 12.1 Å². The molecule has 1 aromatic rings. The summed E-state index contributed by atoms with van der Waals surface area (Å²) in [5.74, 6) is -0.534. The Morgan fingerprint density at radius 2 is 1.94 bits per heavy atom. The van der Waals surface area contributed by atoms with Crippen LogP contribution in [0.25, 0.3) is 0 Å². The van der Waals surface area contributed by atoms with Crippen LogP contribution in [-0.4, -0.2) is 39.3 Å². The number of hydrogen-bond donors (Lipinski definition) is 0. The number of hydrogen-bond acceptors (Lipinski definition) is 4. The third kappa shape index (κ3) is 2.83. The minimum absolute atomic E-state index is 0.0383. The summed E-state index contributed by atoms with van der Waals surface area (Å²) in [7, 11) is -0.648. The van der Waals surface area contributed by atoms with Gasteiger partial charge >= 0.3 is 0 Å². The van der Waals surface area contributed by atoms with E-state index >= 15 is 0 Å². The number of benzene rings is 1. The van der Waals surface area contributed by atoms with Crippen molar-refractivity contribution in [2.24, 2.45) is 0 Å². The van der Waals surface area contributed by atoms with Crippen molar-refractivity contribution in [3.05, 3.63) is 29.8 Å². The van der Waals surface area contributed by atoms with Gasteiger partial charge in [0.2, 0.25) is 0 Å². The van der Waals surface area contributed by atoms with Gasteiger partial charge in [0.25, 0.3) is 5.91 Å². The lowest BCUT2D eigenvalue weighted by Gasteiger charge is -2.15. The van der Waals surface area contributed by atoms with E-state index in [2.05, 4.69) is 0 Å². The normalized spacial score (nSPS) is 11.2. The molecule has 0 fully saturated rings. The average molecular weight is 257 g/mol. The predicted octanol–water partition coefficient (Wildman–Crippen LogP) is 1.11. The van der Waals surface area contributed by atoms with E-state index in [1.165, 1.54) is 33.2 Å². The van der Waals surface area contributed by atoms with Crippen LogP contribution in [0.5, 0.6) is 0 Å². The molecule has 0 aliphatic rings. The Hall–Kier alpha value is -1.40. The molecule has 0 unspecified atom stereocenters. The second-order valence-electron chi connectivity index (χ2n) is 3.38. The lowest BCUT2D eigenvalue weighted by Crippen LogP contribution is -2.27. The van der Waals surface area contributed by atoms with Crippen molar-refractivity contribution >= 4 is 15.7 Å². The van der Waals surface area contributed by atoms with Gasteiger partial charge in [-0.2, -0.15) is 0 Å². The number of amides is 1. The first-order valence-corrected chi connectivity index (χ1v) is 6.73. The number of sulfone groups is 1. The molecular formula is C11H15NO4S. The van der Waals surface area contributed by atoms with Gasteiger partial charge in [-0.05, 0) is 12.1 Å². The lowest BCUT2D eigenvalue weighted by atomic mass is 10.2. The summed E-state index contributed by atoms with van der Waals surface area (Å²) in [4.78, 5) is 16.7. The molecule has 0 N–H and O–H groups in total. The molecule has 5 nitrogen and oxygen atoms in total. The Kier molecular flexibility index (Phi) is 4.25. The SMILES string of the molecule is CCS(=O)(=O)c1ccccc1C(=O)N(C)OC. The molecule has 0 saturated carbocycles. The molecule has 0 aliphatic carbocycles. The van der Waals surface area contributed by atoms with Gasteiger partial charge in [-0.3, -0.25) is 9.63 Å². The molecule has 1 rings (SSSR count). The van der Waals surface area contributed by atoms with Crippen LogP contribution in [0.4, 0.5) is 0 Å². The first-order chi connectivity index (χ1) is 7.94. The quantitative estimate of drug-likeness (QED) is 0.758. The monoisotopic (exact) mass is 257 g/mol. The zero-order chi connectivity index (χ0) is 13.1. The van der Waals surface area contributed by atoms with Gasteiger partial charge in [0.05, 0.1) is 23.3 Å². The standard InChI is InChI=1S/C11H15NO4S/c1-4-17(14,15)10-8-6-5-7-9(10)11(13)12(2)16-3/h5-8H,4H2,1-3H3. The highest BCUT2D eigenvalue weighted by atomic mass is 32.2. The maximum Gasteiger partial charge on any atom is 0.278 e. The Labute approximate surface area is 101 Å². The third-order valence-electron chi connectivity index (χ3n) is 2.39.